The Morgan fingerprint density at radius 1 is 1.04 bits per heavy atom. The van der Waals surface area contributed by atoms with E-state index >= 15 is 0 Å². The lowest BCUT2D eigenvalue weighted by atomic mass is 10.1. The summed E-state index contributed by atoms with van der Waals surface area (Å²) in [4.78, 5) is 11.0. The molecule has 0 aliphatic rings. The van der Waals surface area contributed by atoms with Gasteiger partial charge in [-0.2, -0.15) is 13.2 Å². The highest BCUT2D eigenvalue weighted by molar-refractivity contribution is 5.84. The molecule has 1 amide bonds. The Balaban J connectivity index is 1.92. The molecule has 2 aromatic carbocycles. The van der Waals surface area contributed by atoms with Crippen LogP contribution in [-0.4, -0.2) is 13.2 Å². The zero-order chi connectivity index (χ0) is 16.9. The van der Waals surface area contributed by atoms with Gasteiger partial charge in [-0.15, -0.1) is 0 Å². The van der Waals surface area contributed by atoms with Gasteiger partial charge in [0, 0.05) is 5.69 Å². The standard InChI is InChI=1S/C16H14F3NO3/c1-22-15(21)20-13-6-8-14(9-7-13)23-10-11-2-4-12(5-3-11)16(17,18)19/h2-9H,10H2,1H3,(H,20,21). The second kappa shape index (κ2) is 7.04. The van der Waals surface area contributed by atoms with Crippen molar-refractivity contribution in [2.45, 2.75) is 12.8 Å². The molecule has 0 unspecified atom stereocenters. The molecular formula is C16H14F3NO3. The predicted molar refractivity (Wildman–Crippen MR) is 78.2 cm³/mol. The first-order valence-electron chi connectivity index (χ1n) is 6.62. The van der Waals surface area contributed by atoms with Gasteiger partial charge in [0.25, 0.3) is 0 Å². The number of halogens is 3. The number of ether oxygens (including phenoxy) is 2. The summed E-state index contributed by atoms with van der Waals surface area (Å²) in [5.74, 6) is 0.528. The lowest BCUT2D eigenvalue weighted by molar-refractivity contribution is -0.137. The molecule has 0 aliphatic carbocycles. The molecular weight excluding hydrogens is 311 g/mol. The summed E-state index contributed by atoms with van der Waals surface area (Å²) in [5.41, 5.74) is 0.466. The number of methoxy groups -OCH3 is 1. The predicted octanol–water partition coefficient (Wildman–Crippen LogP) is 4.46. The molecule has 23 heavy (non-hydrogen) atoms. The number of alkyl halides is 3. The lowest BCUT2D eigenvalue weighted by Gasteiger charge is -2.10. The van der Waals surface area contributed by atoms with E-state index in [-0.39, 0.29) is 6.61 Å². The van der Waals surface area contributed by atoms with E-state index in [2.05, 4.69) is 10.1 Å². The van der Waals surface area contributed by atoms with Crippen LogP contribution in [0.4, 0.5) is 23.7 Å². The van der Waals surface area contributed by atoms with Gasteiger partial charge < -0.3 is 9.47 Å². The van der Waals surface area contributed by atoms with Crippen LogP contribution < -0.4 is 10.1 Å². The Morgan fingerprint density at radius 3 is 2.17 bits per heavy atom. The first-order valence-corrected chi connectivity index (χ1v) is 6.62. The van der Waals surface area contributed by atoms with Crippen LogP contribution in [0.1, 0.15) is 11.1 Å². The van der Waals surface area contributed by atoms with Crippen molar-refractivity contribution in [1.82, 2.24) is 0 Å². The van der Waals surface area contributed by atoms with E-state index in [0.29, 0.717) is 17.0 Å². The third-order valence-electron chi connectivity index (χ3n) is 2.97. The van der Waals surface area contributed by atoms with Crippen LogP contribution in [0.25, 0.3) is 0 Å². The average molecular weight is 325 g/mol. The van der Waals surface area contributed by atoms with Crippen molar-refractivity contribution >= 4 is 11.8 Å². The number of benzene rings is 2. The maximum absolute atomic E-state index is 12.5. The van der Waals surface area contributed by atoms with Gasteiger partial charge in [-0.25, -0.2) is 4.79 Å². The molecule has 0 saturated heterocycles. The van der Waals surface area contributed by atoms with Gasteiger partial charge in [-0.05, 0) is 42.0 Å². The Bertz CT molecular complexity index is 652. The van der Waals surface area contributed by atoms with Crippen LogP contribution in [0.3, 0.4) is 0 Å². The van der Waals surface area contributed by atoms with Crippen LogP contribution in [0.2, 0.25) is 0 Å². The van der Waals surface area contributed by atoms with E-state index in [9.17, 15) is 18.0 Å². The number of hydrogen-bond acceptors (Lipinski definition) is 3. The lowest BCUT2D eigenvalue weighted by Crippen LogP contribution is -2.10. The summed E-state index contributed by atoms with van der Waals surface area (Å²) >= 11 is 0. The monoisotopic (exact) mass is 325 g/mol. The number of nitrogens with one attached hydrogen (secondary N) is 1. The minimum absolute atomic E-state index is 0.141. The molecule has 4 nitrogen and oxygen atoms in total. The quantitative estimate of drug-likeness (QED) is 0.902. The largest absolute Gasteiger partial charge is 0.489 e. The Hall–Kier alpha value is -2.70. The zero-order valence-corrected chi connectivity index (χ0v) is 12.2. The highest BCUT2D eigenvalue weighted by Crippen LogP contribution is 2.29. The van der Waals surface area contributed by atoms with Crippen LogP contribution >= 0.6 is 0 Å². The molecule has 0 saturated carbocycles. The molecule has 7 heteroatoms. The molecule has 122 valence electrons. The van der Waals surface area contributed by atoms with Gasteiger partial charge in [-0.1, -0.05) is 12.1 Å². The van der Waals surface area contributed by atoms with Crippen LogP contribution in [0.5, 0.6) is 5.75 Å². The van der Waals surface area contributed by atoms with Crippen LogP contribution in [-0.2, 0) is 17.5 Å². The SMILES string of the molecule is COC(=O)Nc1ccc(OCc2ccc(C(F)(F)F)cc2)cc1. The van der Waals surface area contributed by atoms with Gasteiger partial charge in [-0.3, -0.25) is 5.32 Å². The molecule has 1 N–H and O–H groups in total. The highest BCUT2D eigenvalue weighted by Gasteiger charge is 2.29. The first kappa shape index (κ1) is 16.7. The summed E-state index contributed by atoms with van der Waals surface area (Å²) < 4.78 is 47.3. The summed E-state index contributed by atoms with van der Waals surface area (Å²) in [5, 5.41) is 2.49. The van der Waals surface area contributed by atoms with Crippen molar-refractivity contribution in [3.05, 3.63) is 59.7 Å². The van der Waals surface area contributed by atoms with E-state index in [1.54, 1.807) is 24.3 Å². The van der Waals surface area contributed by atoms with E-state index in [1.165, 1.54) is 19.2 Å². The van der Waals surface area contributed by atoms with Crippen molar-refractivity contribution in [2.24, 2.45) is 0 Å². The molecule has 0 radical (unpaired) electrons. The molecule has 0 fully saturated rings. The van der Waals surface area contributed by atoms with Crippen LogP contribution in [0, 0.1) is 0 Å². The van der Waals surface area contributed by atoms with E-state index < -0.39 is 17.8 Å². The maximum Gasteiger partial charge on any atom is 0.416 e. The topological polar surface area (TPSA) is 47.6 Å². The molecule has 0 heterocycles. The Kier molecular flexibility index (Phi) is 5.10. The van der Waals surface area contributed by atoms with Crippen LogP contribution in [0.15, 0.2) is 48.5 Å². The first-order chi connectivity index (χ1) is 10.9. The minimum atomic E-state index is -4.35. The van der Waals surface area contributed by atoms with Crippen molar-refractivity contribution in [3.8, 4) is 5.75 Å². The number of anilines is 1. The summed E-state index contributed by atoms with van der Waals surface area (Å²) in [7, 11) is 1.26. The number of rotatable bonds is 4. The molecule has 0 spiro atoms. The van der Waals surface area contributed by atoms with Gasteiger partial charge in [0.2, 0.25) is 0 Å². The van der Waals surface area contributed by atoms with E-state index in [1.807, 2.05) is 0 Å². The summed E-state index contributed by atoms with van der Waals surface area (Å²) in [6.07, 6.45) is -4.93. The second-order valence-corrected chi connectivity index (χ2v) is 4.62. The maximum atomic E-state index is 12.5. The number of carbonyl (C=O) groups is 1. The van der Waals surface area contributed by atoms with Gasteiger partial charge in [0.15, 0.2) is 0 Å². The summed E-state index contributed by atoms with van der Waals surface area (Å²) in [6.45, 7) is 0.141. The molecule has 2 aromatic rings. The normalized spacial score (nSPS) is 11.0. The fourth-order valence-electron chi connectivity index (χ4n) is 1.76. The Labute approximate surface area is 130 Å². The van der Waals surface area contributed by atoms with Gasteiger partial charge >= 0.3 is 12.3 Å². The molecule has 0 atom stereocenters. The van der Waals surface area contributed by atoms with Crippen molar-refractivity contribution < 1.29 is 27.4 Å². The second-order valence-electron chi connectivity index (χ2n) is 4.62. The number of hydrogen-bond donors (Lipinski definition) is 1. The van der Waals surface area contributed by atoms with Crippen molar-refractivity contribution in [3.63, 3.8) is 0 Å². The molecule has 2 rings (SSSR count). The molecule has 0 aliphatic heterocycles. The van der Waals surface area contributed by atoms with Crippen molar-refractivity contribution in [2.75, 3.05) is 12.4 Å². The zero-order valence-electron chi connectivity index (χ0n) is 12.2. The summed E-state index contributed by atoms with van der Waals surface area (Å²) in [6, 6.07) is 11.3. The third kappa shape index (κ3) is 4.91. The average Bonchev–Trinajstić information content (AvgIpc) is 2.53. The molecule has 0 bridgehead atoms. The van der Waals surface area contributed by atoms with E-state index in [0.717, 1.165) is 12.1 Å². The minimum Gasteiger partial charge on any atom is -0.489 e. The smallest absolute Gasteiger partial charge is 0.416 e. The highest BCUT2D eigenvalue weighted by atomic mass is 19.4. The fraction of sp³-hybridized carbons (Fsp3) is 0.188. The third-order valence-corrected chi connectivity index (χ3v) is 2.97. The van der Waals surface area contributed by atoms with Crippen molar-refractivity contribution in [1.29, 1.82) is 0 Å². The Morgan fingerprint density at radius 2 is 1.65 bits per heavy atom. The molecule has 0 aromatic heterocycles. The van der Waals surface area contributed by atoms with Gasteiger partial charge in [0.1, 0.15) is 12.4 Å². The van der Waals surface area contributed by atoms with Gasteiger partial charge in [0.05, 0.1) is 12.7 Å². The van der Waals surface area contributed by atoms with E-state index in [4.69, 9.17) is 4.74 Å². The number of carbonyl (C=O) groups excluding carboxylic acids is 1. The fourth-order valence-corrected chi connectivity index (χ4v) is 1.76. The number of amides is 1.